The van der Waals surface area contributed by atoms with Crippen LogP contribution in [-0.4, -0.2) is 17.1 Å². The second-order valence-corrected chi connectivity index (χ2v) is 2.89. The first-order valence-corrected chi connectivity index (χ1v) is 4.51. The van der Waals surface area contributed by atoms with E-state index in [4.69, 9.17) is 4.74 Å². The van der Waals surface area contributed by atoms with E-state index < -0.39 is 0 Å². The first-order valence-electron chi connectivity index (χ1n) is 4.51. The smallest absolute Gasteiger partial charge is 0.302 e. The molecule has 3 nitrogen and oxygen atoms in total. The van der Waals surface area contributed by atoms with E-state index in [9.17, 15) is 4.79 Å². The maximum Gasteiger partial charge on any atom is 0.302 e. The van der Waals surface area contributed by atoms with E-state index in [1.165, 1.54) is 12.6 Å². The first-order chi connectivity index (χ1) is 6.24. The van der Waals surface area contributed by atoms with Gasteiger partial charge in [0.15, 0.2) is 0 Å². The zero-order valence-electron chi connectivity index (χ0n) is 8.12. The van der Waals surface area contributed by atoms with Crippen molar-refractivity contribution in [3.8, 4) is 0 Å². The van der Waals surface area contributed by atoms with Crippen LogP contribution < -0.4 is 0 Å². The quantitative estimate of drug-likeness (QED) is 0.661. The number of aryl methyl sites for hydroxylation is 1. The number of carbonyl (C=O) groups excluding carboxylic acids is 1. The summed E-state index contributed by atoms with van der Waals surface area (Å²) >= 11 is 0. The number of ether oxygens (including phenoxy) is 1. The highest BCUT2D eigenvalue weighted by atomic mass is 16.5. The highest BCUT2D eigenvalue weighted by Gasteiger charge is 1.98. The van der Waals surface area contributed by atoms with Crippen LogP contribution in [0.15, 0.2) is 18.3 Å². The van der Waals surface area contributed by atoms with E-state index in [1.807, 2.05) is 12.3 Å². The Hall–Kier alpha value is -1.25. The van der Waals surface area contributed by atoms with Gasteiger partial charge in [0.25, 0.3) is 0 Å². The van der Waals surface area contributed by atoms with Crippen molar-refractivity contribution >= 4 is 5.97 Å². The summed E-state index contributed by atoms with van der Waals surface area (Å²) in [6.45, 7) is 4.74. The lowest BCUT2D eigenvalue weighted by Gasteiger charge is -2.07. The lowest BCUT2D eigenvalue weighted by molar-refractivity contribution is -0.141. The fourth-order valence-corrected chi connectivity index (χ4v) is 1.28. The van der Waals surface area contributed by atoms with Crippen LogP contribution in [0.3, 0.4) is 0 Å². The normalized spacial score (nSPS) is 10.0. The van der Waals surface area contributed by atoms with Crippen molar-refractivity contribution in [1.82, 2.24) is 4.57 Å². The molecule has 0 amide bonds. The molecule has 13 heavy (non-hydrogen) atoms. The maximum absolute atomic E-state index is 10.5. The molecule has 0 aromatic carbocycles. The molecule has 3 heteroatoms. The van der Waals surface area contributed by atoms with Crippen LogP contribution in [0.5, 0.6) is 0 Å². The number of nitrogens with zero attached hydrogens (tertiary/aromatic N) is 1. The minimum absolute atomic E-state index is 0.217. The first kappa shape index (κ1) is 9.84. The van der Waals surface area contributed by atoms with Crippen molar-refractivity contribution in [3.05, 3.63) is 24.0 Å². The molecule has 1 aromatic rings. The van der Waals surface area contributed by atoms with Crippen molar-refractivity contribution in [2.75, 3.05) is 6.61 Å². The number of carbonyl (C=O) groups is 1. The molecule has 0 fully saturated rings. The second kappa shape index (κ2) is 4.70. The van der Waals surface area contributed by atoms with Crippen molar-refractivity contribution in [3.63, 3.8) is 0 Å². The monoisotopic (exact) mass is 181 g/mol. The Labute approximate surface area is 78.3 Å². The van der Waals surface area contributed by atoms with Crippen LogP contribution >= 0.6 is 0 Å². The number of rotatable bonds is 4. The minimum Gasteiger partial charge on any atom is -0.464 e. The molecule has 0 saturated carbocycles. The molecule has 72 valence electrons. The van der Waals surface area contributed by atoms with E-state index in [-0.39, 0.29) is 5.97 Å². The van der Waals surface area contributed by atoms with Gasteiger partial charge in [0, 0.05) is 18.8 Å². The maximum atomic E-state index is 10.5. The molecule has 0 N–H and O–H groups in total. The summed E-state index contributed by atoms with van der Waals surface area (Å²) in [6.07, 6.45) is 3.01. The Morgan fingerprint density at radius 2 is 2.38 bits per heavy atom. The Bertz CT molecular complexity index is 278. The van der Waals surface area contributed by atoms with Crippen LogP contribution in [0.1, 0.15) is 19.5 Å². The van der Waals surface area contributed by atoms with Gasteiger partial charge in [-0.05, 0) is 18.6 Å². The van der Waals surface area contributed by atoms with Gasteiger partial charge < -0.3 is 9.30 Å². The standard InChI is InChI=1S/C10H15NO2/c1-3-10-5-4-6-11(10)7-8-13-9(2)12/h4-6H,3,7-8H2,1-2H3. The third kappa shape index (κ3) is 2.93. The Morgan fingerprint density at radius 3 is 3.00 bits per heavy atom. The van der Waals surface area contributed by atoms with Crippen LogP contribution in [0.2, 0.25) is 0 Å². The lowest BCUT2D eigenvalue weighted by Crippen LogP contribution is -2.09. The molecule has 0 bridgehead atoms. The second-order valence-electron chi connectivity index (χ2n) is 2.89. The summed E-state index contributed by atoms with van der Waals surface area (Å²) in [7, 11) is 0. The highest BCUT2D eigenvalue weighted by Crippen LogP contribution is 2.02. The zero-order valence-corrected chi connectivity index (χ0v) is 8.12. The average Bonchev–Trinajstić information content (AvgIpc) is 2.51. The number of aromatic nitrogens is 1. The number of hydrogen-bond acceptors (Lipinski definition) is 2. The van der Waals surface area contributed by atoms with E-state index >= 15 is 0 Å². The van der Waals surface area contributed by atoms with E-state index in [1.54, 1.807) is 0 Å². The molecular formula is C10H15NO2. The Morgan fingerprint density at radius 1 is 1.62 bits per heavy atom. The predicted molar refractivity (Wildman–Crippen MR) is 50.4 cm³/mol. The molecule has 0 aliphatic heterocycles. The van der Waals surface area contributed by atoms with Crippen LogP contribution in [0.25, 0.3) is 0 Å². The van der Waals surface area contributed by atoms with Crippen molar-refractivity contribution < 1.29 is 9.53 Å². The third-order valence-electron chi connectivity index (χ3n) is 1.92. The van der Waals surface area contributed by atoms with Crippen LogP contribution in [0.4, 0.5) is 0 Å². The van der Waals surface area contributed by atoms with Crippen LogP contribution in [0, 0.1) is 0 Å². The lowest BCUT2D eigenvalue weighted by atomic mass is 10.3. The van der Waals surface area contributed by atoms with Gasteiger partial charge in [0.05, 0.1) is 6.54 Å². The van der Waals surface area contributed by atoms with Gasteiger partial charge in [-0.1, -0.05) is 6.92 Å². The molecule has 0 aliphatic carbocycles. The Balaban J connectivity index is 2.40. The summed E-state index contributed by atoms with van der Waals surface area (Å²) in [4.78, 5) is 10.5. The molecule has 0 atom stereocenters. The summed E-state index contributed by atoms with van der Waals surface area (Å²) < 4.78 is 6.96. The molecule has 1 rings (SSSR count). The molecule has 0 spiro atoms. The molecule has 1 aromatic heterocycles. The third-order valence-corrected chi connectivity index (χ3v) is 1.92. The van der Waals surface area contributed by atoms with Gasteiger partial charge in [-0.2, -0.15) is 0 Å². The summed E-state index contributed by atoms with van der Waals surface area (Å²) in [5.41, 5.74) is 1.27. The molecule has 1 heterocycles. The van der Waals surface area contributed by atoms with Gasteiger partial charge in [-0.15, -0.1) is 0 Å². The molecular weight excluding hydrogens is 166 g/mol. The summed E-state index contributed by atoms with van der Waals surface area (Å²) in [5.74, 6) is -0.217. The minimum atomic E-state index is -0.217. The molecule has 0 aliphatic rings. The van der Waals surface area contributed by atoms with Crippen molar-refractivity contribution in [2.45, 2.75) is 26.8 Å². The highest BCUT2D eigenvalue weighted by molar-refractivity contribution is 5.65. The van der Waals surface area contributed by atoms with Gasteiger partial charge in [-0.25, -0.2) is 0 Å². The molecule has 0 saturated heterocycles. The van der Waals surface area contributed by atoms with Gasteiger partial charge in [0.2, 0.25) is 0 Å². The van der Waals surface area contributed by atoms with E-state index in [2.05, 4.69) is 17.6 Å². The fraction of sp³-hybridized carbons (Fsp3) is 0.500. The molecule has 0 radical (unpaired) electrons. The molecule has 0 unspecified atom stereocenters. The van der Waals surface area contributed by atoms with Crippen LogP contribution in [-0.2, 0) is 22.5 Å². The number of esters is 1. The SMILES string of the molecule is CCc1cccn1CCOC(C)=O. The van der Waals surface area contributed by atoms with Gasteiger partial charge in [0.1, 0.15) is 6.61 Å². The van der Waals surface area contributed by atoms with Crippen molar-refractivity contribution in [2.24, 2.45) is 0 Å². The predicted octanol–water partition coefficient (Wildman–Crippen LogP) is 1.61. The summed E-state index contributed by atoms with van der Waals surface area (Å²) in [6, 6.07) is 4.08. The van der Waals surface area contributed by atoms with E-state index in [0.717, 1.165) is 13.0 Å². The van der Waals surface area contributed by atoms with Gasteiger partial charge >= 0.3 is 5.97 Å². The Kier molecular flexibility index (Phi) is 3.55. The van der Waals surface area contributed by atoms with Gasteiger partial charge in [-0.3, -0.25) is 4.79 Å². The fourth-order valence-electron chi connectivity index (χ4n) is 1.28. The largest absolute Gasteiger partial charge is 0.464 e. The average molecular weight is 181 g/mol. The number of hydrogen-bond donors (Lipinski definition) is 0. The van der Waals surface area contributed by atoms with Crippen molar-refractivity contribution in [1.29, 1.82) is 0 Å². The van der Waals surface area contributed by atoms with E-state index in [0.29, 0.717) is 6.61 Å². The summed E-state index contributed by atoms with van der Waals surface area (Å²) in [5, 5.41) is 0. The topological polar surface area (TPSA) is 31.2 Å². The zero-order chi connectivity index (χ0) is 9.68.